The molecule has 1 unspecified atom stereocenters. The monoisotopic (exact) mass is 303 g/mol. The molecular weight excluding hydrogens is 286 g/mol. The van der Waals surface area contributed by atoms with E-state index in [1.54, 1.807) is 0 Å². The Morgan fingerprint density at radius 2 is 2.40 bits per heavy atom. The summed E-state index contributed by atoms with van der Waals surface area (Å²) in [6.07, 6.45) is 2.33. The van der Waals surface area contributed by atoms with Crippen molar-refractivity contribution in [1.82, 2.24) is 14.5 Å². The van der Waals surface area contributed by atoms with Gasteiger partial charge in [-0.05, 0) is 19.8 Å². The maximum Gasteiger partial charge on any atom is 0.340 e. The van der Waals surface area contributed by atoms with Crippen molar-refractivity contribution in [2.75, 3.05) is 19.7 Å². The Morgan fingerprint density at radius 3 is 3.05 bits per heavy atom. The van der Waals surface area contributed by atoms with Gasteiger partial charge in [0.05, 0.1) is 12.3 Å². The number of sulfonamides is 1. The minimum atomic E-state index is -3.89. The predicted molar refractivity (Wildman–Crippen MR) is 69.0 cm³/mol. The van der Waals surface area contributed by atoms with Crippen LogP contribution >= 0.6 is 0 Å². The highest BCUT2D eigenvalue weighted by Gasteiger charge is 2.34. The molecule has 8 nitrogen and oxygen atoms in total. The van der Waals surface area contributed by atoms with Crippen molar-refractivity contribution in [3.05, 3.63) is 11.8 Å². The van der Waals surface area contributed by atoms with E-state index < -0.39 is 16.0 Å². The van der Waals surface area contributed by atoms with Crippen LogP contribution in [0, 0.1) is 0 Å². The number of carbonyl (C=O) groups is 1. The molecule has 2 heterocycles. The summed E-state index contributed by atoms with van der Waals surface area (Å²) in [5.41, 5.74) is -0.344. The van der Waals surface area contributed by atoms with Crippen LogP contribution in [0.1, 0.15) is 30.1 Å². The first-order valence-electron chi connectivity index (χ1n) is 6.35. The van der Waals surface area contributed by atoms with Gasteiger partial charge in [-0.1, -0.05) is 0 Å². The van der Waals surface area contributed by atoms with Crippen molar-refractivity contribution in [3.8, 4) is 0 Å². The average molecular weight is 303 g/mol. The summed E-state index contributed by atoms with van der Waals surface area (Å²) in [5.74, 6) is -1.32. The summed E-state index contributed by atoms with van der Waals surface area (Å²) in [4.78, 5) is 11.0. The van der Waals surface area contributed by atoms with E-state index in [9.17, 15) is 13.2 Å². The fraction of sp³-hybridized carbons (Fsp3) is 0.636. The van der Waals surface area contributed by atoms with Crippen LogP contribution < -0.4 is 0 Å². The Bertz CT molecular complexity index is 581. The van der Waals surface area contributed by atoms with E-state index in [-0.39, 0.29) is 23.2 Å². The Hall–Kier alpha value is -1.45. The standard InChI is InChI=1S/C11H17N3O5S/c1-2-19-8-4-3-5-14(7-8)20(17,18)10-9(11(15)16)6-12-13-10/h6,8H,2-5,7H2,1H3,(H,12,13)(H,15,16). The number of ether oxygens (including phenoxy) is 1. The maximum atomic E-state index is 12.5. The molecule has 1 aliphatic heterocycles. The van der Waals surface area contributed by atoms with Crippen LogP contribution in [0.4, 0.5) is 0 Å². The van der Waals surface area contributed by atoms with E-state index in [0.29, 0.717) is 19.6 Å². The number of rotatable bonds is 5. The van der Waals surface area contributed by atoms with Gasteiger partial charge in [-0.3, -0.25) is 5.10 Å². The van der Waals surface area contributed by atoms with Crippen LogP contribution in [0.5, 0.6) is 0 Å². The Morgan fingerprint density at radius 1 is 1.65 bits per heavy atom. The summed E-state index contributed by atoms with van der Waals surface area (Å²) in [6, 6.07) is 0. The SMILES string of the molecule is CCOC1CCCN(S(=O)(=O)c2[nH]ncc2C(=O)O)C1. The molecule has 20 heavy (non-hydrogen) atoms. The first kappa shape index (κ1) is 14.9. The number of nitrogens with zero attached hydrogens (tertiary/aromatic N) is 2. The van der Waals surface area contributed by atoms with Crippen LogP contribution in [0.2, 0.25) is 0 Å². The number of hydrogen-bond acceptors (Lipinski definition) is 5. The second-order valence-electron chi connectivity index (χ2n) is 4.50. The van der Waals surface area contributed by atoms with Crippen molar-refractivity contribution in [3.63, 3.8) is 0 Å². The van der Waals surface area contributed by atoms with Crippen molar-refractivity contribution < 1.29 is 23.1 Å². The van der Waals surface area contributed by atoms with Crippen LogP contribution in [0.25, 0.3) is 0 Å². The molecule has 1 saturated heterocycles. The lowest BCUT2D eigenvalue weighted by molar-refractivity contribution is 0.0264. The van der Waals surface area contributed by atoms with Crippen molar-refractivity contribution >= 4 is 16.0 Å². The third-order valence-electron chi connectivity index (χ3n) is 3.18. The normalized spacial score (nSPS) is 20.9. The van der Waals surface area contributed by atoms with E-state index >= 15 is 0 Å². The number of aromatic amines is 1. The van der Waals surface area contributed by atoms with Crippen LogP contribution in [0.3, 0.4) is 0 Å². The zero-order valence-corrected chi connectivity index (χ0v) is 11.9. The molecule has 1 aromatic rings. The smallest absolute Gasteiger partial charge is 0.340 e. The maximum absolute atomic E-state index is 12.5. The third kappa shape index (κ3) is 2.84. The van der Waals surface area contributed by atoms with Crippen molar-refractivity contribution in [2.24, 2.45) is 0 Å². The van der Waals surface area contributed by atoms with E-state index in [2.05, 4.69) is 10.2 Å². The molecule has 0 spiro atoms. The van der Waals surface area contributed by atoms with Gasteiger partial charge >= 0.3 is 5.97 Å². The zero-order chi connectivity index (χ0) is 14.8. The van der Waals surface area contributed by atoms with E-state index in [0.717, 1.165) is 12.6 Å². The van der Waals surface area contributed by atoms with Gasteiger partial charge in [-0.2, -0.15) is 9.40 Å². The van der Waals surface area contributed by atoms with Gasteiger partial charge in [0.15, 0.2) is 5.03 Å². The molecule has 0 amide bonds. The number of aromatic nitrogens is 2. The summed E-state index contributed by atoms with van der Waals surface area (Å²) >= 11 is 0. The van der Waals surface area contributed by atoms with Gasteiger partial charge < -0.3 is 9.84 Å². The number of carboxylic acid groups (broad SMARTS) is 1. The number of H-pyrrole nitrogens is 1. The number of hydrogen-bond donors (Lipinski definition) is 2. The summed E-state index contributed by atoms with van der Waals surface area (Å²) in [6.45, 7) is 2.95. The zero-order valence-electron chi connectivity index (χ0n) is 11.1. The number of aromatic carboxylic acids is 1. The molecule has 1 atom stereocenters. The molecule has 2 rings (SSSR count). The van der Waals surface area contributed by atoms with Gasteiger partial charge in [0, 0.05) is 19.7 Å². The fourth-order valence-corrected chi connectivity index (χ4v) is 3.82. The van der Waals surface area contributed by atoms with Crippen molar-refractivity contribution in [2.45, 2.75) is 30.9 Å². The number of piperidine rings is 1. The quantitative estimate of drug-likeness (QED) is 0.809. The second-order valence-corrected chi connectivity index (χ2v) is 6.38. The summed E-state index contributed by atoms with van der Waals surface area (Å²) in [7, 11) is -3.89. The minimum Gasteiger partial charge on any atom is -0.478 e. The van der Waals surface area contributed by atoms with Gasteiger partial charge in [0.1, 0.15) is 5.56 Å². The van der Waals surface area contributed by atoms with E-state index in [1.165, 1.54) is 4.31 Å². The number of nitrogens with one attached hydrogen (secondary N) is 1. The molecule has 0 radical (unpaired) electrons. The van der Waals surface area contributed by atoms with Gasteiger partial charge in [0.25, 0.3) is 10.0 Å². The Kier molecular flexibility index (Phi) is 4.41. The first-order valence-corrected chi connectivity index (χ1v) is 7.79. The number of carboxylic acids is 1. The van der Waals surface area contributed by atoms with Crippen LogP contribution in [-0.2, 0) is 14.8 Å². The Labute approximate surface area is 116 Å². The molecule has 2 N–H and O–H groups in total. The largest absolute Gasteiger partial charge is 0.478 e. The van der Waals surface area contributed by atoms with E-state index in [1.807, 2.05) is 6.92 Å². The summed E-state index contributed by atoms with van der Waals surface area (Å²) < 4.78 is 31.6. The van der Waals surface area contributed by atoms with Crippen LogP contribution in [0.15, 0.2) is 11.2 Å². The second kappa shape index (κ2) is 5.90. The molecule has 9 heteroatoms. The molecule has 0 saturated carbocycles. The molecule has 0 bridgehead atoms. The molecule has 0 aromatic carbocycles. The van der Waals surface area contributed by atoms with E-state index in [4.69, 9.17) is 9.84 Å². The highest BCUT2D eigenvalue weighted by molar-refractivity contribution is 7.89. The lowest BCUT2D eigenvalue weighted by atomic mass is 10.1. The molecular formula is C11H17N3O5S. The first-order chi connectivity index (χ1) is 9.46. The van der Waals surface area contributed by atoms with Gasteiger partial charge in [-0.25, -0.2) is 13.2 Å². The minimum absolute atomic E-state index is 0.153. The third-order valence-corrected chi connectivity index (χ3v) is 5.01. The molecule has 1 fully saturated rings. The molecule has 112 valence electrons. The topological polar surface area (TPSA) is 113 Å². The molecule has 1 aromatic heterocycles. The summed E-state index contributed by atoms with van der Waals surface area (Å²) in [5, 5.41) is 14.4. The van der Waals surface area contributed by atoms with Crippen molar-refractivity contribution in [1.29, 1.82) is 0 Å². The fourth-order valence-electron chi connectivity index (χ4n) is 2.25. The van der Waals surface area contributed by atoms with Gasteiger partial charge in [0.2, 0.25) is 0 Å². The van der Waals surface area contributed by atoms with Crippen LogP contribution in [-0.4, -0.2) is 59.8 Å². The molecule has 0 aliphatic carbocycles. The van der Waals surface area contributed by atoms with Gasteiger partial charge in [-0.15, -0.1) is 0 Å². The molecule has 1 aliphatic rings. The Balaban J connectivity index is 2.25. The lowest BCUT2D eigenvalue weighted by Gasteiger charge is -2.31. The highest BCUT2D eigenvalue weighted by Crippen LogP contribution is 2.23. The predicted octanol–water partition coefficient (Wildman–Crippen LogP) is 0.298. The lowest BCUT2D eigenvalue weighted by Crippen LogP contribution is -2.43. The highest BCUT2D eigenvalue weighted by atomic mass is 32.2. The average Bonchev–Trinajstić information content (AvgIpc) is 2.89.